The number of nitrogens with one attached hydrogen (secondary N) is 1. The second-order valence-corrected chi connectivity index (χ2v) is 8.48. The Morgan fingerprint density at radius 2 is 1.82 bits per heavy atom. The van der Waals surface area contributed by atoms with E-state index in [1.165, 1.54) is 42.6 Å². The first kappa shape index (κ1) is 23.5. The number of halogens is 3. The minimum absolute atomic E-state index is 0.0345. The number of hydrogen-bond acceptors (Lipinski definition) is 4. The van der Waals surface area contributed by atoms with Crippen molar-refractivity contribution in [3.63, 3.8) is 0 Å². The van der Waals surface area contributed by atoms with E-state index in [1.807, 2.05) is 0 Å². The number of rotatable bonds is 9. The molecule has 34 heavy (non-hydrogen) atoms. The molecule has 0 saturated heterocycles. The third kappa shape index (κ3) is 6.21. The number of nitrogens with zero attached hydrogens (tertiary/aromatic N) is 1. The lowest BCUT2D eigenvalue weighted by molar-refractivity contribution is -0.118. The predicted molar refractivity (Wildman–Crippen MR) is 120 cm³/mol. The zero-order valence-electron chi connectivity index (χ0n) is 18.5. The minimum Gasteiger partial charge on any atom is -0.457 e. The standard InChI is InChI=1S/C26H23F3N2O3/c1-26(28,29)19-4-2-3-16(11-19)12-20(32)13-18-7-8-21(14-23(18)27)34-22-9-10-30-24(15-22)31-25(33)17-5-6-17/h2-4,7-11,14-15,17H,5-6,12-13H2,1H3,(H,30,31,33). The Morgan fingerprint density at radius 3 is 2.53 bits per heavy atom. The number of carbonyl (C=O) groups excluding carboxylic acids is 2. The van der Waals surface area contributed by atoms with Crippen LogP contribution in [0.5, 0.6) is 11.5 Å². The number of ether oxygens (including phenoxy) is 1. The maximum Gasteiger partial charge on any atom is 0.270 e. The number of carbonyl (C=O) groups is 2. The summed E-state index contributed by atoms with van der Waals surface area (Å²) >= 11 is 0. The Kier molecular flexibility index (Phi) is 6.68. The van der Waals surface area contributed by atoms with Gasteiger partial charge in [-0.2, -0.15) is 0 Å². The summed E-state index contributed by atoms with van der Waals surface area (Å²) in [6.07, 6.45) is 2.97. The first-order chi connectivity index (χ1) is 16.2. The van der Waals surface area contributed by atoms with Gasteiger partial charge in [0.15, 0.2) is 0 Å². The summed E-state index contributed by atoms with van der Waals surface area (Å²) in [6.45, 7) is 0.796. The SMILES string of the molecule is CC(F)(F)c1cccc(CC(=O)Cc2ccc(Oc3ccnc(NC(=O)C4CC4)c3)cc2F)c1. The molecule has 0 unspecified atom stereocenters. The van der Waals surface area contributed by atoms with E-state index in [9.17, 15) is 22.8 Å². The van der Waals surface area contributed by atoms with Gasteiger partial charge >= 0.3 is 0 Å². The van der Waals surface area contributed by atoms with Crippen molar-refractivity contribution in [3.8, 4) is 11.5 Å². The van der Waals surface area contributed by atoms with Gasteiger partial charge in [-0.3, -0.25) is 9.59 Å². The fourth-order valence-electron chi connectivity index (χ4n) is 3.44. The van der Waals surface area contributed by atoms with Gasteiger partial charge < -0.3 is 10.1 Å². The Morgan fingerprint density at radius 1 is 1.06 bits per heavy atom. The summed E-state index contributed by atoms with van der Waals surface area (Å²) in [7, 11) is 0. The number of Topliss-reactive ketones (excluding diaryl/α,β-unsaturated/α-hetero) is 1. The number of benzene rings is 2. The van der Waals surface area contributed by atoms with Crippen LogP contribution in [0.3, 0.4) is 0 Å². The largest absolute Gasteiger partial charge is 0.457 e. The first-order valence-corrected chi connectivity index (χ1v) is 10.9. The van der Waals surface area contributed by atoms with Crippen molar-refractivity contribution < 1.29 is 27.5 Å². The highest BCUT2D eigenvalue weighted by atomic mass is 19.3. The zero-order valence-corrected chi connectivity index (χ0v) is 18.5. The van der Waals surface area contributed by atoms with E-state index in [1.54, 1.807) is 18.2 Å². The molecule has 1 aliphatic rings. The van der Waals surface area contributed by atoms with Gasteiger partial charge in [-0.25, -0.2) is 18.2 Å². The number of amides is 1. The zero-order chi connectivity index (χ0) is 24.3. The molecule has 1 N–H and O–H groups in total. The van der Waals surface area contributed by atoms with E-state index in [0.29, 0.717) is 17.1 Å². The van der Waals surface area contributed by atoms with Crippen LogP contribution >= 0.6 is 0 Å². The lowest BCUT2D eigenvalue weighted by Crippen LogP contribution is -2.14. The van der Waals surface area contributed by atoms with E-state index in [4.69, 9.17) is 4.74 Å². The lowest BCUT2D eigenvalue weighted by atomic mass is 9.99. The third-order valence-electron chi connectivity index (χ3n) is 5.41. The molecule has 1 amide bonds. The number of pyridine rings is 1. The molecule has 4 rings (SSSR count). The van der Waals surface area contributed by atoms with Crippen LogP contribution in [-0.4, -0.2) is 16.7 Å². The van der Waals surface area contributed by atoms with Crippen molar-refractivity contribution in [1.82, 2.24) is 4.98 Å². The Balaban J connectivity index is 1.38. The van der Waals surface area contributed by atoms with Gasteiger partial charge in [-0.05, 0) is 42.2 Å². The molecule has 0 aliphatic heterocycles. The average Bonchev–Trinajstić information content (AvgIpc) is 3.61. The molecule has 0 spiro atoms. The summed E-state index contributed by atoms with van der Waals surface area (Å²) in [5.41, 5.74) is 0.463. The Labute approximate surface area is 195 Å². The van der Waals surface area contributed by atoms with E-state index in [0.717, 1.165) is 19.8 Å². The van der Waals surface area contributed by atoms with Gasteiger partial charge in [0.05, 0.1) is 0 Å². The van der Waals surface area contributed by atoms with E-state index in [-0.39, 0.29) is 47.3 Å². The molecule has 8 heteroatoms. The lowest BCUT2D eigenvalue weighted by Gasteiger charge is -2.12. The molecular formula is C26H23F3N2O3. The summed E-state index contributed by atoms with van der Waals surface area (Å²) in [6, 6.07) is 13.0. The molecule has 176 valence electrons. The fourth-order valence-corrected chi connectivity index (χ4v) is 3.44. The first-order valence-electron chi connectivity index (χ1n) is 10.9. The highest BCUT2D eigenvalue weighted by Crippen LogP contribution is 2.31. The van der Waals surface area contributed by atoms with Crippen molar-refractivity contribution in [2.45, 2.75) is 38.5 Å². The number of aromatic nitrogens is 1. The van der Waals surface area contributed by atoms with Crippen molar-refractivity contribution in [3.05, 3.63) is 83.3 Å². The summed E-state index contributed by atoms with van der Waals surface area (Å²) in [5.74, 6) is -3.02. The average molecular weight is 468 g/mol. The quantitative estimate of drug-likeness (QED) is 0.429. The van der Waals surface area contributed by atoms with Crippen LogP contribution < -0.4 is 10.1 Å². The van der Waals surface area contributed by atoms with Gasteiger partial charge in [0, 0.05) is 49.6 Å². The topological polar surface area (TPSA) is 68.3 Å². The third-order valence-corrected chi connectivity index (χ3v) is 5.41. The highest BCUT2D eigenvalue weighted by molar-refractivity contribution is 5.93. The van der Waals surface area contributed by atoms with Crippen LogP contribution in [0, 0.1) is 11.7 Å². The Bertz CT molecular complexity index is 1220. The van der Waals surface area contributed by atoms with Crippen molar-refractivity contribution in [1.29, 1.82) is 0 Å². The normalized spacial score (nSPS) is 13.4. The smallest absolute Gasteiger partial charge is 0.270 e. The second kappa shape index (κ2) is 9.67. The van der Waals surface area contributed by atoms with Crippen LogP contribution in [0.4, 0.5) is 19.0 Å². The van der Waals surface area contributed by atoms with Gasteiger partial charge in [0.25, 0.3) is 5.92 Å². The molecule has 0 radical (unpaired) electrons. The van der Waals surface area contributed by atoms with E-state index >= 15 is 0 Å². The van der Waals surface area contributed by atoms with Crippen molar-refractivity contribution in [2.24, 2.45) is 5.92 Å². The summed E-state index contributed by atoms with van der Waals surface area (Å²) in [4.78, 5) is 28.4. The van der Waals surface area contributed by atoms with Crippen molar-refractivity contribution in [2.75, 3.05) is 5.32 Å². The molecule has 1 saturated carbocycles. The molecule has 1 aromatic heterocycles. The molecule has 1 aliphatic carbocycles. The van der Waals surface area contributed by atoms with Gasteiger partial charge in [-0.15, -0.1) is 0 Å². The van der Waals surface area contributed by atoms with E-state index in [2.05, 4.69) is 10.3 Å². The molecular weight excluding hydrogens is 445 g/mol. The maximum atomic E-state index is 14.6. The van der Waals surface area contributed by atoms with Gasteiger partial charge in [-0.1, -0.05) is 24.3 Å². The maximum absolute atomic E-state index is 14.6. The molecule has 0 bridgehead atoms. The van der Waals surface area contributed by atoms with Crippen molar-refractivity contribution >= 4 is 17.5 Å². The second-order valence-electron chi connectivity index (χ2n) is 8.48. The number of alkyl halides is 2. The molecule has 1 fully saturated rings. The van der Waals surface area contributed by atoms with Crippen LogP contribution in [-0.2, 0) is 28.4 Å². The Hall–Kier alpha value is -3.68. The van der Waals surface area contributed by atoms with E-state index < -0.39 is 11.7 Å². The molecule has 5 nitrogen and oxygen atoms in total. The molecule has 3 aromatic rings. The monoisotopic (exact) mass is 468 g/mol. The molecule has 2 aromatic carbocycles. The minimum atomic E-state index is -3.00. The van der Waals surface area contributed by atoms with Gasteiger partial charge in [0.1, 0.15) is 28.9 Å². The summed E-state index contributed by atoms with van der Waals surface area (Å²) < 4.78 is 47.3. The molecule has 1 heterocycles. The highest BCUT2D eigenvalue weighted by Gasteiger charge is 2.29. The number of hydrogen-bond donors (Lipinski definition) is 1. The number of anilines is 1. The van der Waals surface area contributed by atoms with Crippen LogP contribution in [0.2, 0.25) is 0 Å². The van der Waals surface area contributed by atoms with Crippen LogP contribution in [0.15, 0.2) is 60.8 Å². The van der Waals surface area contributed by atoms with Crippen LogP contribution in [0.25, 0.3) is 0 Å². The number of ketones is 1. The van der Waals surface area contributed by atoms with Crippen LogP contribution in [0.1, 0.15) is 36.5 Å². The summed E-state index contributed by atoms with van der Waals surface area (Å²) in [5, 5.41) is 2.72. The fraction of sp³-hybridized carbons (Fsp3) is 0.269. The predicted octanol–water partition coefficient (Wildman–Crippen LogP) is 5.83. The molecule has 0 atom stereocenters. The van der Waals surface area contributed by atoms with Gasteiger partial charge in [0.2, 0.25) is 5.91 Å².